The molecule has 0 aliphatic heterocycles. The lowest BCUT2D eigenvalue weighted by Gasteiger charge is -2.10. The number of anilines is 2. The van der Waals surface area contributed by atoms with E-state index in [1.54, 1.807) is 60.7 Å². The molecule has 2 N–H and O–H groups in total. The molecule has 4 aromatic rings. The minimum Gasteiger partial charge on any atom is -0.326 e. The highest BCUT2D eigenvalue weighted by Crippen LogP contribution is 2.19. The van der Waals surface area contributed by atoms with Gasteiger partial charge in [0.15, 0.2) is 0 Å². The average molecular weight is 449 g/mol. The number of fused-ring (bicyclic) bond motifs is 1. The Morgan fingerprint density at radius 1 is 0.906 bits per heavy atom. The number of hydrogen-bond acceptors (Lipinski definition) is 6. The van der Waals surface area contributed by atoms with Crippen molar-refractivity contribution in [1.82, 2.24) is 15.0 Å². The second-order valence-electron chi connectivity index (χ2n) is 6.93. The van der Waals surface area contributed by atoms with E-state index in [0.29, 0.717) is 22.3 Å². The Kier molecular flexibility index (Phi) is 5.95. The highest BCUT2D eigenvalue weighted by Gasteiger charge is 2.14. The van der Waals surface area contributed by atoms with Gasteiger partial charge in [0.25, 0.3) is 15.6 Å². The molecular formula is C22H19N5O4S. The lowest BCUT2D eigenvalue weighted by atomic mass is 10.2. The molecule has 0 unspecified atom stereocenters. The predicted molar refractivity (Wildman–Crippen MR) is 121 cm³/mol. The third kappa shape index (κ3) is 4.81. The molecule has 3 aromatic carbocycles. The summed E-state index contributed by atoms with van der Waals surface area (Å²) in [5, 5.41) is 11.0. The van der Waals surface area contributed by atoms with Gasteiger partial charge in [-0.15, -0.1) is 5.10 Å². The van der Waals surface area contributed by atoms with E-state index in [1.165, 1.54) is 18.2 Å². The van der Waals surface area contributed by atoms with Crippen LogP contribution in [0.5, 0.6) is 0 Å². The second-order valence-corrected chi connectivity index (χ2v) is 8.61. The van der Waals surface area contributed by atoms with E-state index in [4.69, 9.17) is 0 Å². The molecule has 1 heterocycles. The number of aryl methyl sites for hydroxylation is 1. The van der Waals surface area contributed by atoms with Crippen LogP contribution in [-0.4, -0.2) is 29.3 Å². The molecule has 0 spiro atoms. The van der Waals surface area contributed by atoms with Crippen LogP contribution in [-0.2, 0) is 21.4 Å². The van der Waals surface area contributed by atoms with E-state index in [0.717, 1.165) is 4.68 Å². The Morgan fingerprint density at radius 3 is 2.44 bits per heavy atom. The molecule has 0 aliphatic rings. The maximum absolute atomic E-state index is 12.5. The second kappa shape index (κ2) is 8.98. The van der Waals surface area contributed by atoms with Crippen LogP contribution in [0.2, 0.25) is 0 Å². The van der Waals surface area contributed by atoms with E-state index in [2.05, 4.69) is 20.4 Å². The number of aromatic nitrogens is 3. The number of sulfonamides is 1. The molecule has 0 atom stereocenters. The zero-order valence-corrected chi connectivity index (χ0v) is 17.6. The number of benzene rings is 3. The number of hydrogen-bond donors (Lipinski definition) is 2. The SMILES string of the molecule is O=C(CCn1nnc2ccccc2c1=O)Nc1cccc(NS(=O)(=O)c2ccccc2)c1. The number of nitrogens with zero attached hydrogens (tertiary/aromatic N) is 3. The number of carbonyl (C=O) groups is 1. The van der Waals surface area contributed by atoms with Crippen LogP contribution in [0.15, 0.2) is 88.6 Å². The third-order valence-electron chi connectivity index (χ3n) is 4.63. The first-order valence-electron chi connectivity index (χ1n) is 9.73. The van der Waals surface area contributed by atoms with E-state index < -0.39 is 10.0 Å². The fraction of sp³-hybridized carbons (Fsp3) is 0.0909. The Balaban J connectivity index is 1.41. The highest BCUT2D eigenvalue weighted by molar-refractivity contribution is 7.92. The fourth-order valence-electron chi connectivity index (χ4n) is 3.07. The molecule has 0 bridgehead atoms. The summed E-state index contributed by atoms with van der Waals surface area (Å²) < 4.78 is 28.6. The molecule has 0 saturated carbocycles. The number of carbonyl (C=O) groups excluding carboxylic acids is 1. The molecule has 162 valence electrons. The van der Waals surface area contributed by atoms with E-state index in [-0.39, 0.29) is 29.3 Å². The van der Waals surface area contributed by atoms with Crippen molar-refractivity contribution in [2.24, 2.45) is 0 Å². The molecule has 32 heavy (non-hydrogen) atoms. The first-order chi connectivity index (χ1) is 15.4. The fourth-order valence-corrected chi connectivity index (χ4v) is 4.15. The molecule has 0 radical (unpaired) electrons. The summed E-state index contributed by atoms with van der Waals surface area (Å²) in [7, 11) is -3.74. The summed E-state index contributed by atoms with van der Waals surface area (Å²) in [5.74, 6) is -0.352. The Labute approximate surface area is 183 Å². The third-order valence-corrected chi connectivity index (χ3v) is 6.03. The number of nitrogens with one attached hydrogen (secondary N) is 2. The van der Waals surface area contributed by atoms with E-state index in [1.807, 2.05) is 0 Å². The molecule has 1 amide bonds. The number of rotatable bonds is 7. The molecule has 9 nitrogen and oxygen atoms in total. The van der Waals surface area contributed by atoms with Gasteiger partial charge in [-0.3, -0.25) is 14.3 Å². The van der Waals surface area contributed by atoms with Crippen LogP contribution in [0.25, 0.3) is 10.9 Å². The van der Waals surface area contributed by atoms with Gasteiger partial charge in [-0.25, -0.2) is 13.1 Å². The van der Waals surface area contributed by atoms with Gasteiger partial charge in [-0.05, 0) is 42.5 Å². The zero-order valence-electron chi connectivity index (χ0n) is 16.8. The predicted octanol–water partition coefficient (Wildman–Crippen LogP) is 2.62. The van der Waals surface area contributed by atoms with Gasteiger partial charge in [-0.2, -0.15) is 0 Å². The first kappa shape index (κ1) is 21.2. The first-order valence-corrected chi connectivity index (χ1v) is 11.2. The van der Waals surface area contributed by atoms with Crippen molar-refractivity contribution in [1.29, 1.82) is 0 Å². The zero-order chi connectivity index (χ0) is 22.6. The molecule has 1 aromatic heterocycles. The maximum atomic E-state index is 12.5. The maximum Gasteiger partial charge on any atom is 0.277 e. The smallest absolute Gasteiger partial charge is 0.277 e. The average Bonchev–Trinajstić information content (AvgIpc) is 2.79. The quantitative estimate of drug-likeness (QED) is 0.447. The standard InChI is InChI=1S/C22H19N5O4S/c28-21(13-14-27-22(29)19-11-4-5-12-20(19)24-26-27)23-16-7-6-8-17(15-16)25-32(30,31)18-9-2-1-3-10-18/h1-12,15,25H,13-14H2,(H,23,28). The highest BCUT2D eigenvalue weighted by atomic mass is 32.2. The minimum atomic E-state index is -3.74. The Hall–Kier alpha value is -4.05. The van der Waals surface area contributed by atoms with Gasteiger partial charge in [0.2, 0.25) is 5.91 Å². The lowest BCUT2D eigenvalue weighted by molar-refractivity contribution is -0.116. The van der Waals surface area contributed by atoms with E-state index >= 15 is 0 Å². The summed E-state index contributed by atoms with van der Waals surface area (Å²) in [6.07, 6.45) is -0.00705. The molecule has 4 rings (SSSR count). The summed E-state index contributed by atoms with van der Waals surface area (Å²) in [6, 6.07) is 21.2. The van der Waals surface area contributed by atoms with Gasteiger partial charge in [-0.1, -0.05) is 41.6 Å². The normalized spacial score (nSPS) is 11.2. The summed E-state index contributed by atoms with van der Waals surface area (Å²) in [4.78, 5) is 25.0. The van der Waals surface area contributed by atoms with Gasteiger partial charge in [0, 0.05) is 12.1 Å². The van der Waals surface area contributed by atoms with Gasteiger partial charge in [0.05, 0.1) is 22.5 Å². The van der Waals surface area contributed by atoms with Crippen LogP contribution in [0, 0.1) is 0 Å². The topological polar surface area (TPSA) is 123 Å². The Morgan fingerprint density at radius 2 is 1.62 bits per heavy atom. The number of amides is 1. The van der Waals surface area contributed by atoms with Crippen molar-refractivity contribution in [3.05, 3.63) is 89.2 Å². The van der Waals surface area contributed by atoms with Crippen molar-refractivity contribution in [3.63, 3.8) is 0 Å². The minimum absolute atomic E-state index is 0.00705. The van der Waals surface area contributed by atoms with Crippen LogP contribution in [0.4, 0.5) is 11.4 Å². The van der Waals surface area contributed by atoms with Crippen LogP contribution >= 0.6 is 0 Å². The van der Waals surface area contributed by atoms with Gasteiger partial charge in [0.1, 0.15) is 5.52 Å². The van der Waals surface area contributed by atoms with Crippen molar-refractivity contribution in [2.45, 2.75) is 17.9 Å². The molecule has 10 heteroatoms. The van der Waals surface area contributed by atoms with Gasteiger partial charge < -0.3 is 5.32 Å². The monoisotopic (exact) mass is 449 g/mol. The van der Waals surface area contributed by atoms with Crippen molar-refractivity contribution in [2.75, 3.05) is 10.0 Å². The molecule has 0 aliphatic carbocycles. The molecule has 0 fully saturated rings. The van der Waals surface area contributed by atoms with Crippen LogP contribution in [0.3, 0.4) is 0 Å². The summed E-state index contributed by atoms with van der Waals surface area (Å²) in [5.41, 5.74) is 0.900. The Bertz CT molecular complexity index is 1440. The van der Waals surface area contributed by atoms with Crippen LogP contribution in [0.1, 0.15) is 6.42 Å². The van der Waals surface area contributed by atoms with E-state index in [9.17, 15) is 18.0 Å². The largest absolute Gasteiger partial charge is 0.326 e. The molecule has 0 saturated heterocycles. The summed E-state index contributed by atoms with van der Waals surface area (Å²) in [6.45, 7) is 0.0584. The van der Waals surface area contributed by atoms with Crippen molar-refractivity contribution < 1.29 is 13.2 Å². The van der Waals surface area contributed by atoms with Crippen molar-refractivity contribution >= 4 is 38.2 Å². The molecular weight excluding hydrogens is 430 g/mol. The summed E-state index contributed by atoms with van der Waals surface area (Å²) >= 11 is 0. The lowest BCUT2D eigenvalue weighted by Crippen LogP contribution is -2.26. The van der Waals surface area contributed by atoms with Crippen molar-refractivity contribution in [3.8, 4) is 0 Å². The van der Waals surface area contributed by atoms with Crippen LogP contribution < -0.4 is 15.6 Å². The van der Waals surface area contributed by atoms with Gasteiger partial charge >= 0.3 is 0 Å².